The van der Waals surface area contributed by atoms with Gasteiger partial charge in [-0.25, -0.2) is 14.4 Å². The summed E-state index contributed by atoms with van der Waals surface area (Å²) in [6.07, 6.45) is 3.45. The normalized spacial score (nSPS) is 10.5. The number of carbonyl (C=O) groups is 3. The lowest BCUT2D eigenvalue weighted by Gasteiger charge is -2.17. The van der Waals surface area contributed by atoms with Crippen molar-refractivity contribution in [3.63, 3.8) is 0 Å². The number of hydrogen-bond donors (Lipinski definition) is 3. The molecule has 0 aliphatic rings. The number of carboxylic acids is 3. The van der Waals surface area contributed by atoms with Crippen LogP contribution >= 0.6 is 0 Å². The SMILES string of the molecule is CCCCc1c(C(=O)O)cc(C(=O)O)c(CCCC)c1C(=O)O. The zero-order chi connectivity index (χ0) is 17.6. The largest absolute Gasteiger partial charge is 0.478 e. The van der Waals surface area contributed by atoms with E-state index < -0.39 is 17.9 Å². The molecule has 0 spiro atoms. The first-order valence-corrected chi connectivity index (χ1v) is 7.73. The lowest BCUT2D eigenvalue weighted by molar-refractivity contribution is 0.0694. The van der Waals surface area contributed by atoms with Crippen LogP contribution in [0.4, 0.5) is 0 Å². The van der Waals surface area contributed by atoms with E-state index in [1.807, 2.05) is 13.8 Å². The fraction of sp³-hybridized carbons (Fsp3) is 0.471. The minimum absolute atomic E-state index is 0.149. The average molecular weight is 322 g/mol. The first-order chi connectivity index (χ1) is 10.8. The fourth-order valence-electron chi connectivity index (χ4n) is 2.64. The van der Waals surface area contributed by atoms with Crippen molar-refractivity contribution < 1.29 is 29.7 Å². The standard InChI is InChI=1S/C17H22O6/c1-3-5-7-10-12(15(18)19)9-13(16(20)21)11(8-6-4-2)14(10)17(22)23/h9H,3-8H2,1-2H3,(H,18,19)(H,20,21)(H,22,23). The topological polar surface area (TPSA) is 112 Å². The second kappa shape index (κ2) is 8.31. The summed E-state index contributed by atoms with van der Waals surface area (Å²) in [6.45, 7) is 3.84. The first-order valence-electron chi connectivity index (χ1n) is 7.73. The van der Waals surface area contributed by atoms with E-state index in [0.717, 1.165) is 18.9 Å². The number of aromatic carboxylic acids is 3. The Hall–Kier alpha value is -2.37. The number of hydrogen-bond acceptors (Lipinski definition) is 3. The summed E-state index contributed by atoms with van der Waals surface area (Å²) < 4.78 is 0. The van der Waals surface area contributed by atoms with Crippen molar-refractivity contribution in [2.75, 3.05) is 0 Å². The van der Waals surface area contributed by atoms with Gasteiger partial charge in [0.1, 0.15) is 0 Å². The molecule has 0 unspecified atom stereocenters. The van der Waals surface area contributed by atoms with Crippen LogP contribution in [0.1, 0.15) is 81.7 Å². The molecular formula is C17H22O6. The van der Waals surface area contributed by atoms with E-state index in [4.69, 9.17) is 0 Å². The molecule has 0 aliphatic carbocycles. The van der Waals surface area contributed by atoms with Crippen molar-refractivity contribution >= 4 is 17.9 Å². The molecule has 0 heterocycles. The van der Waals surface area contributed by atoms with Crippen molar-refractivity contribution in [1.82, 2.24) is 0 Å². The number of carboxylic acid groups (broad SMARTS) is 3. The summed E-state index contributed by atoms with van der Waals surface area (Å²) in [7, 11) is 0. The highest BCUT2D eigenvalue weighted by atomic mass is 16.4. The Morgan fingerprint density at radius 2 is 1.17 bits per heavy atom. The Balaban J connectivity index is 3.72. The van der Waals surface area contributed by atoms with E-state index in [2.05, 4.69) is 0 Å². The van der Waals surface area contributed by atoms with Crippen molar-refractivity contribution in [3.05, 3.63) is 33.9 Å². The van der Waals surface area contributed by atoms with Crippen molar-refractivity contribution in [2.45, 2.75) is 52.4 Å². The molecule has 3 N–H and O–H groups in total. The van der Waals surface area contributed by atoms with Crippen molar-refractivity contribution in [1.29, 1.82) is 0 Å². The zero-order valence-corrected chi connectivity index (χ0v) is 13.4. The predicted octanol–water partition coefficient (Wildman–Crippen LogP) is 3.47. The molecule has 126 valence electrons. The van der Waals surface area contributed by atoms with Gasteiger partial charge in [0.25, 0.3) is 0 Å². The molecule has 0 amide bonds. The van der Waals surface area contributed by atoms with Gasteiger partial charge in [0.05, 0.1) is 16.7 Å². The Labute approximate surface area is 134 Å². The lowest BCUT2D eigenvalue weighted by Crippen LogP contribution is -2.18. The first kappa shape index (κ1) is 18.7. The monoisotopic (exact) mass is 322 g/mol. The molecule has 1 rings (SSSR count). The summed E-state index contributed by atoms with van der Waals surface area (Å²) in [4.78, 5) is 34.7. The molecule has 0 radical (unpaired) electrons. The number of unbranched alkanes of at least 4 members (excludes halogenated alkanes) is 2. The van der Waals surface area contributed by atoms with Gasteiger partial charge in [-0.15, -0.1) is 0 Å². The Morgan fingerprint density at radius 3 is 1.43 bits per heavy atom. The quantitative estimate of drug-likeness (QED) is 0.642. The van der Waals surface area contributed by atoms with Crippen LogP contribution in [0.25, 0.3) is 0 Å². The molecule has 6 heteroatoms. The molecule has 1 aromatic rings. The zero-order valence-electron chi connectivity index (χ0n) is 13.4. The third-order valence-corrected chi connectivity index (χ3v) is 3.78. The summed E-state index contributed by atoms with van der Waals surface area (Å²) in [5.41, 5.74) is -0.155. The molecule has 23 heavy (non-hydrogen) atoms. The lowest BCUT2D eigenvalue weighted by atomic mass is 9.86. The molecule has 0 atom stereocenters. The minimum atomic E-state index is -1.30. The van der Waals surface area contributed by atoms with E-state index in [0.29, 0.717) is 25.7 Å². The number of rotatable bonds is 9. The van der Waals surface area contributed by atoms with Crippen LogP contribution in [0.3, 0.4) is 0 Å². The molecular weight excluding hydrogens is 300 g/mol. The van der Waals surface area contributed by atoms with Gasteiger partial charge in [-0.2, -0.15) is 0 Å². The third-order valence-electron chi connectivity index (χ3n) is 3.78. The van der Waals surface area contributed by atoms with Crippen molar-refractivity contribution in [3.8, 4) is 0 Å². The summed E-state index contributed by atoms with van der Waals surface area (Å²) in [6, 6.07) is 1.10. The van der Waals surface area contributed by atoms with Gasteiger partial charge in [-0.05, 0) is 42.9 Å². The van der Waals surface area contributed by atoms with Crippen LogP contribution in [-0.2, 0) is 12.8 Å². The van der Waals surface area contributed by atoms with Crippen LogP contribution in [0.2, 0.25) is 0 Å². The predicted molar refractivity (Wildman–Crippen MR) is 84.5 cm³/mol. The Bertz CT molecular complexity index is 574. The van der Waals surface area contributed by atoms with E-state index in [1.54, 1.807) is 0 Å². The summed E-state index contributed by atoms with van der Waals surface area (Å²) in [5, 5.41) is 28.3. The van der Waals surface area contributed by atoms with Gasteiger partial charge in [0.2, 0.25) is 0 Å². The molecule has 0 fully saturated rings. The smallest absolute Gasteiger partial charge is 0.336 e. The van der Waals surface area contributed by atoms with Gasteiger partial charge in [0, 0.05) is 0 Å². The van der Waals surface area contributed by atoms with E-state index in [-0.39, 0.29) is 27.8 Å². The van der Waals surface area contributed by atoms with Gasteiger partial charge < -0.3 is 15.3 Å². The second-order valence-electron chi connectivity index (χ2n) is 5.43. The molecule has 1 aromatic carbocycles. The van der Waals surface area contributed by atoms with E-state index >= 15 is 0 Å². The Kier molecular flexibility index (Phi) is 6.75. The number of benzene rings is 1. The molecule has 0 saturated heterocycles. The highest BCUT2D eigenvalue weighted by Gasteiger charge is 2.27. The van der Waals surface area contributed by atoms with Gasteiger partial charge >= 0.3 is 17.9 Å². The molecule has 6 nitrogen and oxygen atoms in total. The van der Waals surface area contributed by atoms with Gasteiger partial charge in [-0.3, -0.25) is 0 Å². The summed E-state index contributed by atoms with van der Waals surface area (Å²) in [5.74, 6) is -3.88. The third kappa shape index (κ3) is 4.31. The molecule has 0 aromatic heterocycles. The van der Waals surface area contributed by atoms with Crippen LogP contribution in [-0.4, -0.2) is 33.2 Å². The summed E-state index contributed by atoms with van der Waals surface area (Å²) >= 11 is 0. The van der Waals surface area contributed by atoms with E-state index in [9.17, 15) is 29.7 Å². The highest BCUT2D eigenvalue weighted by molar-refractivity contribution is 6.03. The van der Waals surface area contributed by atoms with E-state index in [1.165, 1.54) is 0 Å². The van der Waals surface area contributed by atoms with Crippen LogP contribution in [0.15, 0.2) is 6.07 Å². The molecule has 0 aliphatic heterocycles. The minimum Gasteiger partial charge on any atom is -0.478 e. The maximum absolute atomic E-state index is 11.7. The average Bonchev–Trinajstić information content (AvgIpc) is 2.48. The van der Waals surface area contributed by atoms with Crippen LogP contribution in [0, 0.1) is 0 Å². The van der Waals surface area contributed by atoms with Gasteiger partial charge in [0.15, 0.2) is 0 Å². The molecule has 0 saturated carbocycles. The Morgan fingerprint density at radius 1 is 0.783 bits per heavy atom. The van der Waals surface area contributed by atoms with Crippen LogP contribution < -0.4 is 0 Å². The molecule has 0 bridgehead atoms. The fourth-order valence-corrected chi connectivity index (χ4v) is 2.64. The van der Waals surface area contributed by atoms with Crippen molar-refractivity contribution in [2.24, 2.45) is 0 Å². The highest BCUT2D eigenvalue weighted by Crippen LogP contribution is 2.27. The van der Waals surface area contributed by atoms with Gasteiger partial charge in [-0.1, -0.05) is 26.7 Å². The maximum atomic E-state index is 11.7. The van der Waals surface area contributed by atoms with Crippen LogP contribution in [0.5, 0.6) is 0 Å². The second-order valence-corrected chi connectivity index (χ2v) is 5.43. The maximum Gasteiger partial charge on any atom is 0.336 e.